The molecule has 1 aliphatic rings. The molecule has 2 rings (SSSR count). The molecule has 0 unspecified atom stereocenters. The summed E-state index contributed by atoms with van der Waals surface area (Å²) in [7, 11) is 0. The number of rotatable bonds is 6. The van der Waals surface area contributed by atoms with Crippen LogP contribution in [0.1, 0.15) is 46.0 Å². The number of nitrogens with two attached hydrogens (primary N) is 1. The highest BCUT2D eigenvalue weighted by molar-refractivity contribution is 5.61. The lowest BCUT2D eigenvalue weighted by Gasteiger charge is -2.36. The number of nitrogen functional groups attached to an aromatic ring is 1. The molecular formula is C17H28N2O2. The van der Waals surface area contributed by atoms with E-state index in [0.717, 1.165) is 11.4 Å². The predicted molar refractivity (Wildman–Crippen MR) is 87.9 cm³/mol. The number of ether oxygens (including phenoxy) is 1. The molecule has 1 fully saturated rings. The molecule has 3 N–H and O–H groups in total. The van der Waals surface area contributed by atoms with Crippen LogP contribution < -0.4 is 15.4 Å². The molecule has 1 aromatic carbocycles. The van der Waals surface area contributed by atoms with E-state index in [2.05, 4.69) is 4.90 Å². The number of nitrogens with zero attached hydrogens (tertiary/aromatic N) is 1. The van der Waals surface area contributed by atoms with E-state index in [0.29, 0.717) is 18.3 Å². The van der Waals surface area contributed by atoms with Gasteiger partial charge in [-0.05, 0) is 32.8 Å². The van der Waals surface area contributed by atoms with Crippen molar-refractivity contribution in [2.75, 3.05) is 23.8 Å². The van der Waals surface area contributed by atoms with Gasteiger partial charge < -0.3 is 20.5 Å². The van der Waals surface area contributed by atoms with Crippen LogP contribution in [-0.4, -0.2) is 30.4 Å². The third-order valence-electron chi connectivity index (χ3n) is 3.97. The highest BCUT2D eigenvalue weighted by atomic mass is 16.5. The Balaban J connectivity index is 2.23. The summed E-state index contributed by atoms with van der Waals surface area (Å²) in [5, 5.41) is 9.41. The second-order valence-electron chi connectivity index (χ2n) is 6.14. The van der Waals surface area contributed by atoms with Crippen LogP contribution in [0.5, 0.6) is 5.75 Å². The highest BCUT2D eigenvalue weighted by Gasteiger charge is 2.21. The molecular weight excluding hydrogens is 264 g/mol. The summed E-state index contributed by atoms with van der Waals surface area (Å²) in [6.45, 7) is 4.83. The average Bonchev–Trinajstić information content (AvgIpc) is 2.44. The fraction of sp³-hybridized carbons (Fsp3) is 0.647. The Morgan fingerprint density at radius 2 is 1.95 bits per heavy atom. The molecule has 1 aliphatic carbocycles. The molecule has 4 nitrogen and oxygen atoms in total. The maximum Gasteiger partial charge on any atom is 0.123 e. The Kier molecular flexibility index (Phi) is 5.74. The number of anilines is 2. The summed E-state index contributed by atoms with van der Waals surface area (Å²) in [5.41, 5.74) is 7.80. The molecule has 0 amide bonds. The van der Waals surface area contributed by atoms with Gasteiger partial charge in [-0.25, -0.2) is 0 Å². The van der Waals surface area contributed by atoms with Crippen molar-refractivity contribution in [3.05, 3.63) is 18.2 Å². The topological polar surface area (TPSA) is 58.7 Å². The SMILES string of the molecule is CC(C)Oc1cc(N)cc(N(CCO)C2CCCCC2)c1. The van der Waals surface area contributed by atoms with Crippen LogP contribution >= 0.6 is 0 Å². The van der Waals surface area contributed by atoms with Crippen molar-refractivity contribution in [2.45, 2.75) is 58.1 Å². The van der Waals surface area contributed by atoms with Crippen molar-refractivity contribution in [3.8, 4) is 5.75 Å². The van der Waals surface area contributed by atoms with Crippen molar-refractivity contribution < 1.29 is 9.84 Å². The van der Waals surface area contributed by atoms with Gasteiger partial charge in [0.2, 0.25) is 0 Å². The molecule has 1 saturated carbocycles. The van der Waals surface area contributed by atoms with Crippen molar-refractivity contribution >= 4 is 11.4 Å². The molecule has 21 heavy (non-hydrogen) atoms. The average molecular weight is 292 g/mol. The van der Waals surface area contributed by atoms with Crippen LogP contribution in [0.25, 0.3) is 0 Å². The van der Waals surface area contributed by atoms with Gasteiger partial charge in [0.1, 0.15) is 5.75 Å². The van der Waals surface area contributed by atoms with Crippen LogP contribution in [0.4, 0.5) is 11.4 Å². The Labute approximate surface area is 127 Å². The lowest BCUT2D eigenvalue weighted by atomic mass is 9.93. The Morgan fingerprint density at radius 3 is 2.57 bits per heavy atom. The molecule has 0 saturated heterocycles. The van der Waals surface area contributed by atoms with E-state index in [4.69, 9.17) is 10.5 Å². The molecule has 1 aromatic rings. The van der Waals surface area contributed by atoms with E-state index in [9.17, 15) is 5.11 Å². The molecule has 0 aromatic heterocycles. The first-order chi connectivity index (χ1) is 10.1. The quantitative estimate of drug-likeness (QED) is 0.791. The number of hydrogen-bond donors (Lipinski definition) is 2. The summed E-state index contributed by atoms with van der Waals surface area (Å²) in [6, 6.07) is 6.39. The van der Waals surface area contributed by atoms with Crippen LogP contribution in [0.2, 0.25) is 0 Å². The predicted octanol–water partition coefficient (Wildman–Crippen LogP) is 3.19. The number of aliphatic hydroxyl groups excluding tert-OH is 1. The molecule has 0 radical (unpaired) electrons. The number of hydrogen-bond acceptors (Lipinski definition) is 4. The standard InChI is InChI=1S/C17H28N2O2/c1-13(2)21-17-11-14(18)10-16(12-17)19(8-9-20)15-6-4-3-5-7-15/h10-13,15,20H,3-9,18H2,1-2H3. The summed E-state index contributed by atoms with van der Waals surface area (Å²) in [6.07, 6.45) is 6.36. The first-order valence-electron chi connectivity index (χ1n) is 8.05. The number of aliphatic hydroxyl groups is 1. The Morgan fingerprint density at radius 1 is 1.24 bits per heavy atom. The molecule has 0 bridgehead atoms. The van der Waals surface area contributed by atoms with Crippen LogP contribution in [-0.2, 0) is 0 Å². The molecule has 4 heteroatoms. The summed E-state index contributed by atoms with van der Waals surface area (Å²) >= 11 is 0. The van der Waals surface area contributed by atoms with Crippen molar-refractivity contribution in [1.29, 1.82) is 0 Å². The minimum absolute atomic E-state index is 0.126. The van der Waals surface area contributed by atoms with Crippen LogP contribution in [0.15, 0.2) is 18.2 Å². The second-order valence-corrected chi connectivity index (χ2v) is 6.14. The minimum atomic E-state index is 0.126. The van der Waals surface area contributed by atoms with Gasteiger partial charge >= 0.3 is 0 Å². The zero-order chi connectivity index (χ0) is 15.2. The van der Waals surface area contributed by atoms with E-state index >= 15 is 0 Å². The van der Waals surface area contributed by atoms with Gasteiger partial charge in [0.25, 0.3) is 0 Å². The zero-order valence-corrected chi connectivity index (χ0v) is 13.2. The lowest BCUT2D eigenvalue weighted by molar-refractivity contribution is 0.242. The van der Waals surface area contributed by atoms with Crippen molar-refractivity contribution in [1.82, 2.24) is 0 Å². The first kappa shape index (κ1) is 16.0. The highest BCUT2D eigenvalue weighted by Crippen LogP contribution is 2.31. The van der Waals surface area contributed by atoms with Gasteiger partial charge in [0.05, 0.1) is 12.7 Å². The monoisotopic (exact) mass is 292 g/mol. The number of benzene rings is 1. The van der Waals surface area contributed by atoms with Gasteiger partial charge in [-0.1, -0.05) is 19.3 Å². The normalized spacial score (nSPS) is 16.2. The fourth-order valence-electron chi connectivity index (χ4n) is 3.13. The first-order valence-corrected chi connectivity index (χ1v) is 8.05. The summed E-state index contributed by atoms with van der Waals surface area (Å²) < 4.78 is 5.78. The fourth-order valence-corrected chi connectivity index (χ4v) is 3.13. The van der Waals surface area contributed by atoms with Gasteiger partial charge in [-0.3, -0.25) is 0 Å². The second kappa shape index (κ2) is 7.55. The van der Waals surface area contributed by atoms with Crippen LogP contribution in [0, 0.1) is 0 Å². The van der Waals surface area contributed by atoms with Gasteiger partial charge in [0, 0.05) is 36.1 Å². The third-order valence-corrected chi connectivity index (χ3v) is 3.97. The zero-order valence-electron chi connectivity index (χ0n) is 13.2. The van der Waals surface area contributed by atoms with E-state index in [1.165, 1.54) is 32.1 Å². The molecule has 0 aliphatic heterocycles. The van der Waals surface area contributed by atoms with Crippen molar-refractivity contribution in [3.63, 3.8) is 0 Å². The minimum Gasteiger partial charge on any atom is -0.491 e. The molecule has 0 atom stereocenters. The van der Waals surface area contributed by atoms with E-state index in [1.807, 2.05) is 32.0 Å². The summed E-state index contributed by atoms with van der Waals surface area (Å²) in [4.78, 5) is 2.29. The van der Waals surface area contributed by atoms with Crippen LogP contribution in [0.3, 0.4) is 0 Å². The van der Waals surface area contributed by atoms with E-state index in [1.54, 1.807) is 0 Å². The van der Waals surface area contributed by atoms with Gasteiger partial charge in [-0.2, -0.15) is 0 Å². The molecule has 0 heterocycles. The Bertz CT molecular complexity index is 442. The smallest absolute Gasteiger partial charge is 0.123 e. The maximum atomic E-state index is 9.41. The maximum absolute atomic E-state index is 9.41. The van der Waals surface area contributed by atoms with E-state index < -0.39 is 0 Å². The van der Waals surface area contributed by atoms with Gasteiger partial charge in [0.15, 0.2) is 0 Å². The summed E-state index contributed by atoms with van der Waals surface area (Å²) in [5.74, 6) is 0.804. The van der Waals surface area contributed by atoms with E-state index in [-0.39, 0.29) is 12.7 Å². The Hall–Kier alpha value is -1.42. The molecule has 0 spiro atoms. The van der Waals surface area contributed by atoms with Crippen molar-refractivity contribution in [2.24, 2.45) is 0 Å². The largest absolute Gasteiger partial charge is 0.491 e. The lowest BCUT2D eigenvalue weighted by Crippen LogP contribution is -2.38. The van der Waals surface area contributed by atoms with Gasteiger partial charge in [-0.15, -0.1) is 0 Å². The third kappa shape index (κ3) is 4.53. The molecule has 118 valence electrons.